The summed E-state index contributed by atoms with van der Waals surface area (Å²) in [4.78, 5) is 46.0. The van der Waals surface area contributed by atoms with Gasteiger partial charge in [0.15, 0.2) is 17.5 Å². The van der Waals surface area contributed by atoms with Gasteiger partial charge in [0, 0.05) is 38.1 Å². The molecule has 3 heterocycles. The second kappa shape index (κ2) is 10.3. The van der Waals surface area contributed by atoms with Gasteiger partial charge in [0.2, 0.25) is 5.91 Å². The van der Waals surface area contributed by atoms with Crippen molar-refractivity contribution in [3.63, 3.8) is 0 Å². The van der Waals surface area contributed by atoms with E-state index >= 15 is 0 Å². The number of nitrogens with two attached hydrogens (primary N) is 1. The van der Waals surface area contributed by atoms with Crippen LogP contribution in [0, 0.1) is 17.6 Å². The predicted molar refractivity (Wildman–Crippen MR) is 131 cm³/mol. The van der Waals surface area contributed by atoms with Crippen molar-refractivity contribution in [1.82, 2.24) is 25.0 Å². The molecule has 3 aromatic rings. The number of aryl methyl sites for hydroxylation is 1. The largest absolute Gasteiger partial charge is 0.384 e. The summed E-state index contributed by atoms with van der Waals surface area (Å²) in [5, 5.41) is 6.80. The molecule has 1 saturated heterocycles. The highest BCUT2D eigenvalue weighted by atomic mass is 19.2. The molecule has 1 aliphatic rings. The van der Waals surface area contributed by atoms with E-state index in [1.165, 1.54) is 35.0 Å². The quantitative estimate of drug-likeness (QED) is 0.470. The molecule has 0 saturated carbocycles. The fourth-order valence-electron chi connectivity index (χ4n) is 4.43. The SMILES string of the molecule is CCC(NC(=O)N1C(=O)[C@H](Cc2ccnc(N)c2)[C@H]1C(=O)N(C)c1ccn(C)n1)c1cccc(F)c1F. The molecule has 2 aromatic heterocycles. The van der Waals surface area contributed by atoms with Gasteiger partial charge in [-0.3, -0.25) is 24.1 Å². The number of β-lactam (4-membered cyclic amide) rings is 1. The minimum absolute atomic E-state index is 0.0545. The first-order valence-corrected chi connectivity index (χ1v) is 11.7. The van der Waals surface area contributed by atoms with Crippen molar-refractivity contribution < 1.29 is 23.2 Å². The smallest absolute Gasteiger partial charge is 0.325 e. The number of carbonyl (C=O) groups is 3. The van der Waals surface area contributed by atoms with E-state index in [0.717, 1.165) is 11.0 Å². The molecule has 1 aromatic carbocycles. The maximum absolute atomic E-state index is 14.4. The van der Waals surface area contributed by atoms with Crippen molar-refractivity contribution >= 4 is 29.5 Å². The highest BCUT2D eigenvalue weighted by Gasteiger charge is 2.55. The van der Waals surface area contributed by atoms with E-state index in [-0.39, 0.29) is 24.2 Å². The highest BCUT2D eigenvalue weighted by molar-refractivity contribution is 6.12. The van der Waals surface area contributed by atoms with Crippen LogP contribution in [0.25, 0.3) is 0 Å². The van der Waals surface area contributed by atoms with Gasteiger partial charge in [0.1, 0.15) is 11.9 Å². The number of nitrogen functional groups attached to an aromatic ring is 1. The molecule has 1 aliphatic heterocycles. The molecule has 1 unspecified atom stereocenters. The topological polar surface area (TPSA) is 126 Å². The summed E-state index contributed by atoms with van der Waals surface area (Å²) in [5.74, 6) is -3.48. The second-order valence-electron chi connectivity index (χ2n) is 8.85. The summed E-state index contributed by atoms with van der Waals surface area (Å²) in [6.07, 6.45) is 3.53. The Labute approximate surface area is 212 Å². The van der Waals surface area contributed by atoms with Crippen LogP contribution in [-0.2, 0) is 23.1 Å². The molecule has 194 valence electrons. The van der Waals surface area contributed by atoms with Crippen LogP contribution in [0.1, 0.15) is 30.5 Å². The van der Waals surface area contributed by atoms with Crippen molar-refractivity contribution in [2.45, 2.75) is 31.8 Å². The Morgan fingerprint density at radius 1 is 1.24 bits per heavy atom. The van der Waals surface area contributed by atoms with E-state index in [0.29, 0.717) is 11.4 Å². The van der Waals surface area contributed by atoms with E-state index in [1.807, 2.05) is 0 Å². The number of likely N-dealkylation sites (N-methyl/N-ethyl adjacent to an activating group) is 1. The van der Waals surface area contributed by atoms with Gasteiger partial charge in [-0.1, -0.05) is 19.1 Å². The number of urea groups is 1. The van der Waals surface area contributed by atoms with Crippen molar-refractivity contribution in [2.75, 3.05) is 17.7 Å². The number of benzene rings is 1. The molecule has 4 amide bonds. The van der Waals surface area contributed by atoms with Gasteiger partial charge >= 0.3 is 6.03 Å². The van der Waals surface area contributed by atoms with Crippen LogP contribution in [0.2, 0.25) is 0 Å². The number of amides is 4. The van der Waals surface area contributed by atoms with Gasteiger partial charge in [-0.15, -0.1) is 0 Å². The summed E-state index contributed by atoms with van der Waals surface area (Å²) in [7, 11) is 3.20. The average molecular weight is 512 g/mol. The van der Waals surface area contributed by atoms with Crippen molar-refractivity contribution in [1.29, 1.82) is 0 Å². The molecule has 0 aliphatic carbocycles. The Bertz CT molecular complexity index is 1350. The summed E-state index contributed by atoms with van der Waals surface area (Å²) < 4.78 is 29.7. The first kappa shape index (κ1) is 25.7. The molecule has 0 spiro atoms. The number of hydrogen-bond acceptors (Lipinski definition) is 6. The Morgan fingerprint density at radius 3 is 2.65 bits per heavy atom. The summed E-state index contributed by atoms with van der Waals surface area (Å²) >= 11 is 0. The van der Waals surface area contributed by atoms with Crippen LogP contribution in [-0.4, -0.2) is 50.6 Å². The third-order valence-corrected chi connectivity index (χ3v) is 6.42. The third kappa shape index (κ3) is 4.99. The van der Waals surface area contributed by atoms with E-state index < -0.39 is 47.5 Å². The number of rotatable bonds is 7. The number of anilines is 2. The van der Waals surface area contributed by atoms with Crippen LogP contribution in [0.15, 0.2) is 48.8 Å². The molecular formula is C25H27F2N7O3. The molecule has 1 fully saturated rings. The summed E-state index contributed by atoms with van der Waals surface area (Å²) in [5.41, 5.74) is 6.38. The number of nitrogens with zero attached hydrogens (tertiary/aromatic N) is 5. The summed E-state index contributed by atoms with van der Waals surface area (Å²) in [6, 6.07) is 5.63. The van der Waals surface area contributed by atoms with Gasteiger partial charge in [-0.25, -0.2) is 18.6 Å². The van der Waals surface area contributed by atoms with Crippen LogP contribution in [0.3, 0.4) is 0 Å². The molecule has 4 rings (SSSR count). The van der Waals surface area contributed by atoms with Crippen molar-refractivity contribution in [2.24, 2.45) is 13.0 Å². The fraction of sp³-hybridized carbons (Fsp3) is 0.320. The van der Waals surface area contributed by atoms with E-state index in [2.05, 4.69) is 15.4 Å². The van der Waals surface area contributed by atoms with Crippen molar-refractivity contribution in [3.05, 3.63) is 71.6 Å². The number of aromatic nitrogens is 3. The third-order valence-electron chi connectivity index (χ3n) is 6.42. The standard InChI is InChI=1S/C25H27F2N7O3/c1-4-18(15-6-5-7-17(26)21(15)27)30-25(37)34-22(24(36)33(3)20-9-11-32(2)31-20)16(23(34)35)12-14-8-10-29-19(28)13-14/h5-11,13,16,18,22H,4,12H2,1-3H3,(H2,28,29)(H,30,37)/t16-,18?,22+/m1/s1. The minimum Gasteiger partial charge on any atom is -0.384 e. The molecule has 37 heavy (non-hydrogen) atoms. The molecule has 0 bridgehead atoms. The van der Waals surface area contributed by atoms with E-state index in [1.54, 1.807) is 38.4 Å². The highest BCUT2D eigenvalue weighted by Crippen LogP contribution is 2.33. The van der Waals surface area contributed by atoms with E-state index in [9.17, 15) is 23.2 Å². The Kier molecular flexibility index (Phi) is 7.18. The number of imide groups is 1. The van der Waals surface area contributed by atoms with Gasteiger partial charge in [0.05, 0.1) is 12.0 Å². The molecule has 3 N–H and O–H groups in total. The van der Waals surface area contributed by atoms with Gasteiger partial charge < -0.3 is 11.1 Å². The number of pyridine rings is 1. The number of halogens is 2. The number of likely N-dealkylation sites (tertiary alicyclic amines) is 1. The summed E-state index contributed by atoms with van der Waals surface area (Å²) in [6.45, 7) is 1.68. The lowest BCUT2D eigenvalue weighted by Gasteiger charge is -2.45. The Hall–Kier alpha value is -4.35. The Morgan fingerprint density at radius 2 is 2.00 bits per heavy atom. The molecule has 10 nitrogen and oxygen atoms in total. The predicted octanol–water partition coefficient (Wildman–Crippen LogP) is 2.57. The first-order valence-electron chi connectivity index (χ1n) is 11.7. The normalized spacial score (nSPS) is 17.8. The Balaban J connectivity index is 1.61. The fourth-order valence-corrected chi connectivity index (χ4v) is 4.43. The maximum atomic E-state index is 14.4. The van der Waals surface area contributed by atoms with Crippen LogP contribution in [0.4, 0.5) is 25.2 Å². The van der Waals surface area contributed by atoms with Crippen LogP contribution >= 0.6 is 0 Å². The number of nitrogens with one attached hydrogen (secondary N) is 1. The van der Waals surface area contributed by atoms with Gasteiger partial charge in [0.25, 0.3) is 5.91 Å². The molecule has 3 atom stereocenters. The lowest BCUT2D eigenvalue weighted by atomic mass is 9.81. The zero-order valence-electron chi connectivity index (χ0n) is 20.6. The van der Waals surface area contributed by atoms with Crippen LogP contribution in [0.5, 0.6) is 0 Å². The van der Waals surface area contributed by atoms with Gasteiger partial charge in [-0.05, 0) is 36.6 Å². The first-order chi connectivity index (χ1) is 17.6. The van der Waals surface area contributed by atoms with Gasteiger partial charge in [-0.2, -0.15) is 5.10 Å². The lowest BCUT2D eigenvalue weighted by molar-refractivity contribution is -0.156. The number of hydrogen-bond donors (Lipinski definition) is 2. The zero-order chi connectivity index (χ0) is 26.9. The average Bonchev–Trinajstić information content (AvgIpc) is 3.31. The molecule has 0 radical (unpaired) electrons. The molecular weight excluding hydrogens is 484 g/mol. The monoisotopic (exact) mass is 511 g/mol. The lowest BCUT2D eigenvalue weighted by Crippen LogP contribution is -2.70. The van der Waals surface area contributed by atoms with Crippen LogP contribution < -0.4 is 16.0 Å². The van der Waals surface area contributed by atoms with Crippen molar-refractivity contribution in [3.8, 4) is 0 Å². The maximum Gasteiger partial charge on any atom is 0.325 e. The molecule has 12 heteroatoms. The van der Waals surface area contributed by atoms with E-state index in [4.69, 9.17) is 5.73 Å². The zero-order valence-corrected chi connectivity index (χ0v) is 20.6. The minimum atomic E-state index is -1.15. The second-order valence-corrected chi connectivity index (χ2v) is 8.85. The number of carbonyl (C=O) groups excluding carboxylic acids is 3.